The first-order valence-corrected chi connectivity index (χ1v) is 13.9. The molecule has 9 nitrogen and oxygen atoms in total. The Morgan fingerprint density at radius 1 is 0.932 bits per heavy atom. The smallest absolute Gasteiger partial charge is 0.338 e. The van der Waals surface area contributed by atoms with Crippen LogP contribution in [0.5, 0.6) is 0 Å². The van der Waals surface area contributed by atoms with Crippen LogP contribution in [0.4, 0.5) is 17.1 Å². The number of anilines is 3. The van der Waals surface area contributed by atoms with Gasteiger partial charge in [-0.2, -0.15) is 0 Å². The van der Waals surface area contributed by atoms with E-state index in [-0.39, 0.29) is 39.3 Å². The quantitative estimate of drug-likeness (QED) is 0.171. The number of carbonyl (C=O) groups excluding carboxylic acids is 3. The fourth-order valence-corrected chi connectivity index (χ4v) is 4.80. The first kappa shape index (κ1) is 31.5. The Morgan fingerprint density at radius 2 is 1.61 bits per heavy atom. The summed E-state index contributed by atoms with van der Waals surface area (Å²) in [5.74, 6) is -1.68. The van der Waals surface area contributed by atoms with Gasteiger partial charge in [-0.05, 0) is 71.5 Å². The molecule has 3 aromatic carbocycles. The zero-order valence-corrected chi connectivity index (χ0v) is 25.7. The van der Waals surface area contributed by atoms with Gasteiger partial charge in [-0.25, -0.2) is 4.79 Å². The zero-order valence-electron chi connectivity index (χ0n) is 25.7. The van der Waals surface area contributed by atoms with E-state index in [4.69, 9.17) is 10.5 Å². The van der Waals surface area contributed by atoms with E-state index < -0.39 is 11.9 Å². The average Bonchev–Trinajstić information content (AvgIpc) is 2.99. The van der Waals surface area contributed by atoms with Crippen LogP contribution in [0.3, 0.4) is 0 Å². The number of aryl methyl sites for hydroxylation is 1. The largest absolute Gasteiger partial charge is 0.465 e. The van der Waals surface area contributed by atoms with Crippen molar-refractivity contribution in [3.63, 3.8) is 0 Å². The van der Waals surface area contributed by atoms with E-state index in [1.54, 1.807) is 25.4 Å². The summed E-state index contributed by atoms with van der Waals surface area (Å²) in [6.07, 6.45) is 1.72. The van der Waals surface area contributed by atoms with Crippen molar-refractivity contribution in [3.8, 4) is 11.1 Å². The van der Waals surface area contributed by atoms with E-state index in [1.807, 2.05) is 49.4 Å². The summed E-state index contributed by atoms with van der Waals surface area (Å²) >= 11 is 0. The van der Waals surface area contributed by atoms with Gasteiger partial charge in [0.05, 0.1) is 12.7 Å². The van der Waals surface area contributed by atoms with Crippen LogP contribution in [-0.2, 0) is 22.0 Å². The molecule has 0 aliphatic heterocycles. The van der Waals surface area contributed by atoms with Gasteiger partial charge in [0.2, 0.25) is 5.91 Å². The lowest BCUT2D eigenvalue weighted by Gasteiger charge is -2.19. The Hall–Kier alpha value is -5.44. The van der Waals surface area contributed by atoms with Crippen molar-refractivity contribution in [2.75, 3.05) is 17.7 Å². The van der Waals surface area contributed by atoms with Crippen molar-refractivity contribution in [2.45, 2.75) is 33.1 Å². The first-order chi connectivity index (χ1) is 20.7. The molecule has 44 heavy (non-hydrogen) atoms. The van der Waals surface area contributed by atoms with Crippen molar-refractivity contribution >= 4 is 40.4 Å². The predicted octanol–water partition coefficient (Wildman–Crippen LogP) is 5.94. The van der Waals surface area contributed by atoms with Crippen molar-refractivity contribution in [1.82, 2.24) is 4.57 Å². The van der Waals surface area contributed by atoms with Gasteiger partial charge >= 0.3 is 5.97 Å². The first-order valence-electron chi connectivity index (χ1n) is 13.9. The lowest BCUT2D eigenvalue weighted by atomic mass is 9.86. The number of esters is 1. The molecule has 4 N–H and O–H groups in total. The van der Waals surface area contributed by atoms with E-state index in [0.29, 0.717) is 16.9 Å². The number of nitrogens with two attached hydrogens (primary N) is 1. The number of hydrogen-bond acceptors (Lipinski definition) is 6. The van der Waals surface area contributed by atoms with Crippen molar-refractivity contribution in [2.24, 2.45) is 12.8 Å². The maximum absolute atomic E-state index is 13.1. The number of nitrogens with zero attached hydrogens (tertiary/aromatic N) is 1. The highest BCUT2D eigenvalue weighted by molar-refractivity contribution is 6.20. The van der Waals surface area contributed by atoms with Gasteiger partial charge in [0, 0.05) is 46.9 Å². The van der Waals surface area contributed by atoms with E-state index in [9.17, 15) is 19.2 Å². The van der Waals surface area contributed by atoms with Gasteiger partial charge < -0.3 is 25.7 Å². The minimum atomic E-state index is -0.797. The Bertz CT molecular complexity index is 1850. The van der Waals surface area contributed by atoms with Gasteiger partial charge in [0.15, 0.2) is 0 Å². The molecule has 0 saturated heterocycles. The third-order valence-corrected chi connectivity index (χ3v) is 7.42. The maximum atomic E-state index is 13.1. The molecule has 0 fully saturated rings. The molecule has 9 heteroatoms. The van der Waals surface area contributed by atoms with Crippen LogP contribution in [0.1, 0.15) is 58.2 Å². The van der Waals surface area contributed by atoms with Crippen molar-refractivity contribution < 1.29 is 19.1 Å². The molecule has 0 spiro atoms. The number of rotatable bonds is 8. The van der Waals surface area contributed by atoms with Crippen LogP contribution in [0.2, 0.25) is 0 Å². The summed E-state index contributed by atoms with van der Waals surface area (Å²) < 4.78 is 6.27. The third kappa shape index (κ3) is 6.62. The SMILES string of the molecule is C=C(C(N)=O)c1cc(Nc2cc(-c3cccc(NC(=O)c4ccc(C(C)(C)C)cc4)c3C)cn(C)c2=O)ccc1C(=O)OC. The Labute approximate surface area is 256 Å². The van der Waals surface area contributed by atoms with Crippen LogP contribution in [0.15, 0.2) is 84.3 Å². The minimum Gasteiger partial charge on any atom is -0.465 e. The molecule has 0 aliphatic rings. The fourth-order valence-electron chi connectivity index (χ4n) is 4.80. The molecule has 4 rings (SSSR count). The Morgan fingerprint density at radius 3 is 2.23 bits per heavy atom. The van der Waals surface area contributed by atoms with Crippen LogP contribution in [0, 0.1) is 6.92 Å². The van der Waals surface area contributed by atoms with E-state index in [2.05, 4.69) is 38.0 Å². The van der Waals surface area contributed by atoms with Gasteiger partial charge in [0.25, 0.3) is 11.5 Å². The van der Waals surface area contributed by atoms with Crippen LogP contribution < -0.4 is 21.9 Å². The number of amides is 2. The predicted molar refractivity (Wildman–Crippen MR) is 174 cm³/mol. The molecule has 1 aromatic heterocycles. The lowest BCUT2D eigenvalue weighted by Crippen LogP contribution is -2.20. The number of methoxy groups -OCH3 is 1. The normalized spacial score (nSPS) is 11.0. The zero-order chi connectivity index (χ0) is 32.3. The van der Waals surface area contributed by atoms with E-state index in [1.165, 1.54) is 23.8 Å². The number of ether oxygens (including phenoxy) is 1. The number of pyridine rings is 1. The monoisotopic (exact) mass is 592 g/mol. The summed E-state index contributed by atoms with van der Waals surface area (Å²) in [4.78, 5) is 50.4. The lowest BCUT2D eigenvalue weighted by molar-refractivity contribution is -0.112. The molecule has 0 bridgehead atoms. The number of nitrogens with one attached hydrogen (secondary N) is 2. The van der Waals surface area contributed by atoms with Gasteiger partial charge in [-0.1, -0.05) is 51.6 Å². The molecule has 0 aliphatic carbocycles. The number of aromatic nitrogens is 1. The van der Waals surface area contributed by atoms with Crippen molar-refractivity contribution in [3.05, 3.63) is 118 Å². The van der Waals surface area contributed by atoms with Crippen LogP contribution in [-0.4, -0.2) is 29.5 Å². The molecule has 1 heterocycles. The second kappa shape index (κ2) is 12.4. The summed E-state index contributed by atoms with van der Waals surface area (Å²) in [6, 6.07) is 19.4. The third-order valence-electron chi connectivity index (χ3n) is 7.42. The van der Waals surface area contributed by atoms with Crippen LogP contribution in [0.25, 0.3) is 16.7 Å². The number of hydrogen-bond donors (Lipinski definition) is 3. The molecule has 2 amide bonds. The van der Waals surface area contributed by atoms with Gasteiger partial charge in [0.1, 0.15) is 5.69 Å². The average molecular weight is 593 g/mol. The Balaban J connectivity index is 1.67. The summed E-state index contributed by atoms with van der Waals surface area (Å²) in [5.41, 5.74) is 10.7. The fraction of sp³-hybridized carbons (Fsp3) is 0.200. The van der Waals surface area contributed by atoms with Gasteiger partial charge in [-0.3, -0.25) is 14.4 Å². The molecule has 226 valence electrons. The molecule has 4 aromatic rings. The number of primary amides is 1. The molecule has 0 radical (unpaired) electrons. The highest BCUT2D eigenvalue weighted by Gasteiger charge is 2.19. The molecule has 0 saturated carbocycles. The number of benzene rings is 3. The highest BCUT2D eigenvalue weighted by atomic mass is 16.5. The van der Waals surface area contributed by atoms with Gasteiger partial charge in [-0.15, -0.1) is 0 Å². The minimum absolute atomic E-state index is 0.0175. The summed E-state index contributed by atoms with van der Waals surface area (Å²) in [7, 11) is 2.87. The second-order valence-corrected chi connectivity index (χ2v) is 11.5. The maximum Gasteiger partial charge on any atom is 0.338 e. The molecule has 0 atom stereocenters. The molecular weight excluding hydrogens is 556 g/mol. The van der Waals surface area contributed by atoms with Crippen LogP contribution >= 0.6 is 0 Å². The Kier molecular flexibility index (Phi) is 8.90. The highest BCUT2D eigenvalue weighted by Crippen LogP contribution is 2.31. The standard InChI is InChI=1S/C35H36N4O5/c1-20-26(9-8-10-29(20)38-32(41)22-11-13-24(14-12-22)35(3,4)5)23-17-30(33(42)39(6)19-23)37-25-15-16-27(34(43)44-7)28(18-25)21(2)31(36)40/h8-19,37H,2H2,1,3-7H3,(H2,36,40)(H,38,41). The van der Waals surface area contributed by atoms with E-state index >= 15 is 0 Å². The topological polar surface area (TPSA) is 133 Å². The number of carbonyl (C=O) groups is 3. The summed E-state index contributed by atoms with van der Waals surface area (Å²) in [6.45, 7) is 12.0. The molecular formula is C35H36N4O5. The second-order valence-electron chi connectivity index (χ2n) is 11.5. The molecule has 0 unspecified atom stereocenters. The summed E-state index contributed by atoms with van der Waals surface area (Å²) in [5, 5.41) is 6.11. The van der Waals surface area contributed by atoms with E-state index in [0.717, 1.165) is 22.3 Å². The van der Waals surface area contributed by atoms with Crippen molar-refractivity contribution in [1.29, 1.82) is 0 Å².